The summed E-state index contributed by atoms with van der Waals surface area (Å²) in [5.41, 5.74) is 1.10. The van der Waals surface area contributed by atoms with E-state index < -0.39 is 11.9 Å². The molecule has 0 unspecified atom stereocenters. The lowest BCUT2D eigenvalue weighted by atomic mass is 10.1. The topological polar surface area (TPSA) is 102 Å². The highest BCUT2D eigenvalue weighted by Gasteiger charge is 2.27. The highest BCUT2D eigenvalue weighted by atomic mass is 79.9. The van der Waals surface area contributed by atoms with Crippen LogP contribution in [0.4, 0.5) is 0 Å². The fourth-order valence-electron chi connectivity index (χ4n) is 4.18. The lowest BCUT2D eigenvalue weighted by molar-refractivity contribution is -0.129. The lowest BCUT2D eigenvalue weighted by Crippen LogP contribution is -2.08. The average molecular weight is 673 g/mol. The Balaban J connectivity index is 1.43. The predicted octanol–water partition coefficient (Wildman–Crippen LogP) is 7.31. The van der Waals surface area contributed by atoms with Crippen LogP contribution in [-0.4, -0.2) is 45.8 Å². The van der Waals surface area contributed by atoms with E-state index in [1.54, 1.807) is 43.3 Å². The van der Waals surface area contributed by atoms with Gasteiger partial charge in [-0.3, -0.25) is 0 Å². The predicted molar refractivity (Wildman–Crippen MR) is 164 cm³/mol. The molecule has 12 heteroatoms. The van der Waals surface area contributed by atoms with Gasteiger partial charge in [-0.25, -0.2) is 14.6 Å². The summed E-state index contributed by atoms with van der Waals surface area (Å²) in [5, 5.41) is 1.09. The van der Waals surface area contributed by atoms with E-state index in [0.717, 1.165) is 14.6 Å². The molecule has 0 saturated heterocycles. The first-order valence-electron chi connectivity index (χ1n) is 12.5. The largest absolute Gasteiger partial charge is 0.493 e. The minimum Gasteiger partial charge on any atom is -0.493 e. The number of hydrogen-bond acceptors (Lipinski definition) is 10. The Morgan fingerprint density at radius 3 is 2.40 bits per heavy atom. The summed E-state index contributed by atoms with van der Waals surface area (Å²) >= 11 is 11.2. The molecule has 0 spiro atoms. The smallest absolute Gasteiger partial charge is 0.363 e. The molecule has 0 amide bonds. The second-order valence-corrected chi connectivity index (χ2v) is 11.0. The SMILES string of the molecule is CCOc1cc(/C=C2/N=C(c3cc(OC)c(OC)c(OC)c3)OC2=O)ccc1OC(=O)c1sc2cc(Br)ccc2c1Cl. The van der Waals surface area contributed by atoms with Gasteiger partial charge < -0.3 is 28.4 Å². The Hall–Kier alpha value is -4.06. The van der Waals surface area contributed by atoms with Crippen LogP contribution in [0.2, 0.25) is 5.02 Å². The van der Waals surface area contributed by atoms with E-state index in [9.17, 15) is 9.59 Å². The first kappa shape index (κ1) is 29.4. The van der Waals surface area contributed by atoms with Gasteiger partial charge in [0.2, 0.25) is 11.6 Å². The first-order chi connectivity index (χ1) is 20.3. The van der Waals surface area contributed by atoms with Crippen molar-refractivity contribution in [2.75, 3.05) is 27.9 Å². The number of benzene rings is 3. The molecule has 0 saturated carbocycles. The molecule has 0 aliphatic carbocycles. The van der Waals surface area contributed by atoms with E-state index in [2.05, 4.69) is 20.9 Å². The summed E-state index contributed by atoms with van der Waals surface area (Å²) in [4.78, 5) is 30.4. The van der Waals surface area contributed by atoms with Crippen LogP contribution in [0.15, 0.2) is 63.7 Å². The molecule has 3 aromatic carbocycles. The molecule has 2 heterocycles. The van der Waals surface area contributed by atoms with Crippen molar-refractivity contribution in [3.63, 3.8) is 0 Å². The van der Waals surface area contributed by atoms with E-state index in [-0.39, 0.29) is 22.2 Å². The van der Waals surface area contributed by atoms with Gasteiger partial charge in [0.05, 0.1) is 33.0 Å². The molecule has 216 valence electrons. The summed E-state index contributed by atoms with van der Waals surface area (Å²) in [5.74, 6) is 0.514. The van der Waals surface area contributed by atoms with Crippen molar-refractivity contribution >= 4 is 72.9 Å². The molecular formula is C30H23BrClNO8S. The maximum Gasteiger partial charge on any atom is 0.363 e. The molecule has 5 rings (SSSR count). The van der Waals surface area contributed by atoms with Crippen LogP contribution in [-0.2, 0) is 9.53 Å². The zero-order chi connectivity index (χ0) is 30.0. The van der Waals surface area contributed by atoms with Crippen molar-refractivity contribution in [3.8, 4) is 28.7 Å². The highest BCUT2D eigenvalue weighted by Crippen LogP contribution is 2.40. The number of nitrogens with zero attached hydrogens (tertiary/aromatic N) is 1. The molecule has 4 aromatic rings. The molecule has 1 aromatic heterocycles. The first-order valence-corrected chi connectivity index (χ1v) is 14.4. The third-order valence-electron chi connectivity index (χ3n) is 6.08. The van der Waals surface area contributed by atoms with Gasteiger partial charge in [-0.15, -0.1) is 11.3 Å². The van der Waals surface area contributed by atoms with E-state index >= 15 is 0 Å². The van der Waals surface area contributed by atoms with Gasteiger partial charge in [0.15, 0.2) is 28.7 Å². The molecule has 1 aliphatic rings. The molecule has 42 heavy (non-hydrogen) atoms. The molecule has 9 nitrogen and oxygen atoms in total. The number of thiophene rings is 1. The van der Waals surface area contributed by atoms with Crippen molar-refractivity contribution in [2.45, 2.75) is 6.92 Å². The van der Waals surface area contributed by atoms with E-state index in [0.29, 0.717) is 45.8 Å². The molecule has 0 fully saturated rings. The molecule has 0 radical (unpaired) electrons. The van der Waals surface area contributed by atoms with E-state index in [1.165, 1.54) is 32.7 Å². The number of aliphatic imine (C=N–C) groups is 1. The third kappa shape index (κ3) is 5.80. The second-order valence-electron chi connectivity index (χ2n) is 8.66. The number of cyclic esters (lactones) is 1. The van der Waals surface area contributed by atoms with E-state index in [4.69, 9.17) is 40.0 Å². The Labute approximate surface area is 258 Å². The Kier molecular flexibility index (Phi) is 8.72. The molecule has 1 aliphatic heterocycles. The normalized spacial score (nSPS) is 13.6. The van der Waals surface area contributed by atoms with Crippen LogP contribution in [0.5, 0.6) is 28.7 Å². The minimum atomic E-state index is -0.641. The number of fused-ring (bicyclic) bond motifs is 1. The van der Waals surface area contributed by atoms with Gasteiger partial charge in [-0.1, -0.05) is 39.7 Å². The minimum absolute atomic E-state index is 0.0640. The van der Waals surface area contributed by atoms with Gasteiger partial charge in [-0.05, 0) is 55.0 Å². The van der Waals surface area contributed by atoms with Crippen molar-refractivity contribution in [1.82, 2.24) is 0 Å². The van der Waals surface area contributed by atoms with Gasteiger partial charge in [0.1, 0.15) is 4.88 Å². The van der Waals surface area contributed by atoms with Crippen molar-refractivity contribution in [3.05, 3.63) is 79.7 Å². The van der Waals surface area contributed by atoms with Crippen molar-refractivity contribution < 1.29 is 38.0 Å². The van der Waals surface area contributed by atoms with Crippen LogP contribution in [0.3, 0.4) is 0 Å². The van der Waals surface area contributed by atoms with Gasteiger partial charge in [-0.2, -0.15) is 0 Å². The maximum atomic E-state index is 13.1. The Morgan fingerprint density at radius 2 is 1.74 bits per heavy atom. The number of hydrogen-bond donors (Lipinski definition) is 0. The Morgan fingerprint density at radius 1 is 1.00 bits per heavy atom. The van der Waals surface area contributed by atoms with Crippen LogP contribution >= 0.6 is 38.9 Å². The summed E-state index contributed by atoms with van der Waals surface area (Å²) in [6.45, 7) is 2.12. The summed E-state index contributed by atoms with van der Waals surface area (Å²) in [7, 11) is 4.47. The lowest BCUT2D eigenvalue weighted by Gasteiger charge is -2.13. The number of halogens is 2. The van der Waals surface area contributed by atoms with Crippen LogP contribution < -0.4 is 23.7 Å². The molecule has 0 N–H and O–H groups in total. The van der Waals surface area contributed by atoms with Crippen LogP contribution in [0.1, 0.15) is 27.7 Å². The van der Waals surface area contributed by atoms with Crippen LogP contribution in [0, 0.1) is 0 Å². The fourth-order valence-corrected chi connectivity index (χ4v) is 6.12. The summed E-state index contributed by atoms with van der Waals surface area (Å²) < 4.78 is 34.7. The second kappa shape index (κ2) is 12.4. The number of rotatable bonds is 9. The number of carbonyl (C=O) groups excluding carboxylic acids is 2. The van der Waals surface area contributed by atoms with Crippen molar-refractivity contribution in [1.29, 1.82) is 0 Å². The van der Waals surface area contributed by atoms with Crippen LogP contribution in [0.25, 0.3) is 16.2 Å². The Bertz CT molecular complexity index is 1760. The third-order valence-corrected chi connectivity index (χ3v) is 8.21. The highest BCUT2D eigenvalue weighted by molar-refractivity contribution is 9.10. The zero-order valence-electron chi connectivity index (χ0n) is 22.8. The standard InChI is InChI=1S/C30H23BrClNO8S/c1-5-39-21-11-15(6-9-20(21)40-30(35)27-25(32)18-8-7-17(31)14-24(18)42-27)10-19-29(34)41-28(33-19)16-12-22(36-2)26(38-4)23(13-16)37-3/h6-14H,5H2,1-4H3/b19-10+. The summed E-state index contributed by atoms with van der Waals surface area (Å²) in [6, 6.07) is 13.7. The molecular weight excluding hydrogens is 650 g/mol. The average Bonchev–Trinajstić information content (AvgIpc) is 3.51. The van der Waals surface area contributed by atoms with Gasteiger partial charge in [0.25, 0.3) is 0 Å². The molecule has 0 atom stereocenters. The quantitative estimate of drug-likeness (QED) is 0.104. The van der Waals surface area contributed by atoms with Crippen molar-refractivity contribution in [2.24, 2.45) is 4.99 Å². The zero-order valence-corrected chi connectivity index (χ0v) is 25.9. The van der Waals surface area contributed by atoms with E-state index in [1.807, 2.05) is 18.2 Å². The maximum absolute atomic E-state index is 13.1. The number of esters is 2. The summed E-state index contributed by atoms with van der Waals surface area (Å²) in [6.07, 6.45) is 1.54. The number of carbonyl (C=O) groups is 2. The fraction of sp³-hybridized carbons (Fsp3) is 0.167. The number of ether oxygens (including phenoxy) is 6. The number of methoxy groups -OCH3 is 3. The van der Waals surface area contributed by atoms with Gasteiger partial charge >= 0.3 is 11.9 Å². The monoisotopic (exact) mass is 671 g/mol. The molecule has 0 bridgehead atoms. The van der Waals surface area contributed by atoms with Gasteiger partial charge in [0, 0.05) is 20.1 Å².